The minimum absolute atomic E-state index is 0.00370. The Morgan fingerprint density at radius 1 is 1.35 bits per heavy atom. The maximum atomic E-state index is 12.5. The number of hydrogen-bond donors (Lipinski definition) is 1. The Morgan fingerprint density at radius 2 is 2.05 bits per heavy atom. The summed E-state index contributed by atoms with van der Waals surface area (Å²) < 4.78 is 0. The molecule has 0 saturated carbocycles. The Balaban J connectivity index is 2.32. The lowest BCUT2D eigenvalue weighted by Crippen LogP contribution is -2.60. The molecule has 2 unspecified atom stereocenters. The van der Waals surface area contributed by atoms with Gasteiger partial charge in [0.1, 0.15) is 12.6 Å². The van der Waals surface area contributed by atoms with Crippen LogP contribution in [0.25, 0.3) is 0 Å². The highest BCUT2D eigenvalue weighted by Gasteiger charge is 2.36. The number of amides is 2. The van der Waals surface area contributed by atoms with Crippen molar-refractivity contribution in [3.63, 3.8) is 0 Å². The number of piperazine rings is 1. The molecule has 4 nitrogen and oxygen atoms in total. The summed E-state index contributed by atoms with van der Waals surface area (Å²) in [6, 6.07) is 4.43. The Labute approximate surface area is 128 Å². The molecule has 0 spiro atoms. The van der Waals surface area contributed by atoms with Gasteiger partial charge in [0.05, 0.1) is 10.0 Å². The van der Waals surface area contributed by atoms with Crippen molar-refractivity contribution in [2.24, 2.45) is 5.92 Å². The SMILES string of the molecule is CCC(C)C1NC(=O)CN(c2ccc(Cl)c(Cl)c2)C1=O. The van der Waals surface area contributed by atoms with Gasteiger partial charge in [0.15, 0.2) is 0 Å². The van der Waals surface area contributed by atoms with E-state index < -0.39 is 6.04 Å². The predicted molar refractivity (Wildman–Crippen MR) is 80.2 cm³/mol. The Bertz CT molecular complexity index is 548. The van der Waals surface area contributed by atoms with Gasteiger partial charge in [-0.3, -0.25) is 9.59 Å². The molecule has 0 aliphatic carbocycles. The molecule has 1 aliphatic rings. The number of carbonyl (C=O) groups excluding carboxylic acids is 2. The molecule has 1 saturated heterocycles. The first-order chi connectivity index (χ1) is 9.43. The number of benzene rings is 1. The van der Waals surface area contributed by atoms with E-state index in [2.05, 4.69) is 5.32 Å². The third kappa shape index (κ3) is 2.91. The van der Waals surface area contributed by atoms with E-state index in [1.807, 2.05) is 13.8 Å². The fraction of sp³-hybridized carbons (Fsp3) is 0.429. The van der Waals surface area contributed by atoms with Gasteiger partial charge in [-0.2, -0.15) is 0 Å². The summed E-state index contributed by atoms with van der Waals surface area (Å²) >= 11 is 11.8. The van der Waals surface area contributed by atoms with Gasteiger partial charge in [0.2, 0.25) is 11.8 Å². The lowest BCUT2D eigenvalue weighted by Gasteiger charge is -2.35. The van der Waals surface area contributed by atoms with Crippen LogP contribution < -0.4 is 10.2 Å². The average Bonchev–Trinajstić information content (AvgIpc) is 2.43. The second-order valence-electron chi connectivity index (χ2n) is 4.95. The van der Waals surface area contributed by atoms with Crippen LogP contribution in [0.2, 0.25) is 10.0 Å². The average molecular weight is 315 g/mol. The van der Waals surface area contributed by atoms with Crippen molar-refractivity contribution >= 4 is 40.7 Å². The number of halogens is 2. The Kier molecular flexibility index (Phi) is 4.55. The molecule has 2 amide bonds. The Morgan fingerprint density at radius 3 is 2.65 bits per heavy atom. The molecular weight excluding hydrogens is 299 g/mol. The summed E-state index contributed by atoms with van der Waals surface area (Å²) in [7, 11) is 0. The van der Waals surface area contributed by atoms with Crippen molar-refractivity contribution in [1.29, 1.82) is 0 Å². The van der Waals surface area contributed by atoms with E-state index in [0.29, 0.717) is 15.7 Å². The standard InChI is InChI=1S/C14H16Cl2N2O2/c1-3-8(2)13-14(20)18(7-12(19)17-13)9-4-5-10(15)11(16)6-9/h4-6,8,13H,3,7H2,1-2H3,(H,17,19). The van der Waals surface area contributed by atoms with Crippen LogP contribution in [-0.4, -0.2) is 24.4 Å². The molecule has 1 aromatic carbocycles. The van der Waals surface area contributed by atoms with Gasteiger partial charge in [-0.15, -0.1) is 0 Å². The van der Waals surface area contributed by atoms with Crippen LogP contribution in [0.5, 0.6) is 0 Å². The monoisotopic (exact) mass is 314 g/mol. The second-order valence-corrected chi connectivity index (χ2v) is 5.77. The van der Waals surface area contributed by atoms with Crippen molar-refractivity contribution in [2.75, 3.05) is 11.4 Å². The van der Waals surface area contributed by atoms with Crippen molar-refractivity contribution in [3.8, 4) is 0 Å². The van der Waals surface area contributed by atoms with Gasteiger partial charge in [0.25, 0.3) is 0 Å². The van der Waals surface area contributed by atoms with Crippen LogP contribution in [0.15, 0.2) is 18.2 Å². The molecule has 1 heterocycles. The zero-order valence-corrected chi connectivity index (χ0v) is 12.8. The summed E-state index contributed by atoms with van der Waals surface area (Å²) in [6.07, 6.45) is 0.811. The smallest absolute Gasteiger partial charge is 0.250 e. The quantitative estimate of drug-likeness (QED) is 0.932. The largest absolute Gasteiger partial charge is 0.342 e. The maximum Gasteiger partial charge on any atom is 0.250 e. The summed E-state index contributed by atoms with van der Waals surface area (Å²) in [4.78, 5) is 25.8. The molecule has 20 heavy (non-hydrogen) atoms. The zero-order valence-electron chi connectivity index (χ0n) is 11.3. The van der Waals surface area contributed by atoms with E-state index in [4.69, 9.17) is 23.2 Å². The first-order valence-electron chi connectivity index (χ1n) is 6.49. The lowest BCUT2D eigenvalue weighted by atomic mass is 9.96. The fourth-order valence-electron chi connectivity index (χ4n) is 2.16. The predicted octanol–water partition coefficient (Wildman–Crippen LogP) is 2.87. The van der Waals surface area contributed by atoms with Crippen LogP contribution in [0.4, 0.5) is 5.69 Å². The van der Waals surface area contributed by atoms with Crippen LogP contribution >= 0.6 is 23.2 Å². The molecule has 0 aromatic heterocycles. The number of anilines is 1. The number of nitrogens with one attached hydrogen (secondary N) is 1. The summed E-state index contributed by atoms with van der Waals surface area (Å²) in [6.45, 7) is 3.94. The van der Waals surface area contributed by atoms with Crippen molar-refractivity contribution in [1.82, 2.24) is 5.32 Å². The Hall–Kier alpha value is -1.26. The summed E-state index contributed by atoms with van der Waals surface area (Å²) in [5.41, 5.74) is 0.590. The molecule has 0 radical (unpaired) electrons. The highest BCUT2D eigenvalue weighted by Crippen LogP contribution is 2.29. The van der Waals surface area contributed by atoms with E-state index >= 15 is 0 Å². The van der Waals surface area contributed by atoms with Crippen LogP contribution in [0, 0.1) is 5.92 Å². The molecule has 0 bridgehead atoms. The molecule has 1 aliphatic heterocycles. The van der Waals surface area contributed by atoms with Gasteiger partial charge in [-0.1, -0.05) is 43.5 Å². The van der Waals surface area contributed by atoms with Gasteiger partial charge in [-0.25, -0.2) is 0 Å². The van der Waals surface area contributed by atoms with Crippen molar-refractivity contribution < 1.29 is 9.59 Å². The van der Waals surface area contributed by atoms with Crippen LogP contribution in [0.3, 0.4) is 0 Å². The van der Waals surface area contributed by atoms with Gasteiger partial charge < -0.3 is 10.2 Å². The number of hydrogen-bond acceptors (Lipinski definition) is 2. The van der Waals surface area contributed by atoms with Crippen LogP contribution in [-0.2, 0) is 9.59 Å². The zero-order chi connectivity index (χ0) is 14.9. The van der Waals surface area contributed by atoms with E-state index in [9.17, 15) is 9.59 Å². The highest BCUT2D eigenvalue weighted by molar-refractivity contribution is 6.42. The summed E-state index contributed by atoms with van der Waals surface area (Å²) in [5.74, 6) is -0.199. The number of rotatable bonds is 3. The molecule has 108 valence electrons. The fourth-order valence-corrected chi connectivity index (χ4v) is 2.46. The topological polar surface area (TPSA) is 49.4 Å². The third-order valence-corrected chi connectivity index (χ3v) is 4.32. The number of carbonyl (C=O) groups is 2. The highest BCUT2D eigenvalue weighted by atomic mass is 35.5. The normalized spacial score (nSPS) is 20.8. The molecule has 2 rings (SSSR count). The minimum atomic E-state index is -0.490. The first kappa shape index (κ1) is 15.1. The van der Waals surface area contributed by atoms with Crippen molar-refractivity contribution in [2.45, 2.75) is 26.3 Å². The second kappa shape index (κ2) is 6.02. The van der Waals surface area contributed by atoms with E-state index in [1.54, 1.807) is 18.2 Å². The molecule has 2 atom stereocenters. The van der Waals surface area contributed by atoms with E-state index in [1.165, 1.54) is 4.90 Å². The summed E-state index contributed by atoms with van der Waals surface area (Å²) in [5, 5.41) is 3.54. The van der Waals surface area contributed by atoms with Gasteiger partial charge >= 0.3 is 0 Å². The molecule has 1 N–H and O–H groups in total. The number of nitrogens with zero attached hydrogens (tertiary/aromatic N) is 1. The van der Waals surface area contributed by atoms with E-state index in [0.717, 1.165) is 6.42 Å². The van der Waals surface area contributed by atoms with Crippen molar-refractivity contribution in [3.05, 3.63) is 28.2 Å². The lowest BCUT2D eigenvalue weighted by molar-refractivity contribution is -0.132. The third-order valence-electron chi connectivity index (χ3n) is 3.58. The van der Waals surface area contributed by atoms with Gasteiger partial charge in [0, 0.05) is 5.69 Å². The van der Waals surface area contributed by atoms with Crippen LogP contribution in [0.1, 0.15) is 20.3 Å². The van der Waals surface area contributed by atoms with Gasteiger partial charge in [-0.05, 0) is 24.1 Å². The first-order valence-corrected chi connectivity index (χ1v) is 7.25. The molecule has 6 heteroatoms. The maximum absolute atomic E-state index is 12.5. The molecule has 1 aromatic rings. The minimum Gasteiger partial charge on any atom is -0.342 e. The molecular formula is C14H16Cl2N2O2. The molecule has 1 fully saturated rings. The van der Waals surface area contributed by atoms with E-state index in [-0.39, 0.29) is 24.3 Å².